The molecule has 15 nitrogen and oxygen atoms in total. The van der Waals surface area contributed by atoms with Gasteiger partial charge in [-0.2, -0.15) is 0 Å². The highest BCUT2D eigenvalue weighted by Gasteiger charge is 2.34. The Labute approximate surface area is 187 Å². The molecule has 5 unspecified atom stereocenters. The predicted octanol–water partition coefficient (Wildman–Crippen LogP) is -2.68. The van der Waals surface area contributed by atoms with Crippen LogP contribution in [0, 0.1) is 5.92 Å². The van der Waals surface area contributed by atoms with Crippen molar-refractivity contribution in [1.29, 1.82) is 0 Å². The molecule has 5 atom stereocenters. The van der Waals surface area contributed by atoms with Crippen molar-refractivity contribution in [3.05, 3.63) is 0 Å². The van der Waals surface area contributed by atoms with Crippen molar-refractivity contribution >= 4 is 41.6 Å². The Morgan fingerprint density at radius 3 is 1.58 bits per heavy atom. The SMILES string of the molecule is CCC(C)C(NC(=O)C(CC(=O)O)NC(=O)C(N)CC(=O)O)C(=O)NC(CC(=O)O)C(=O)O. The van der Waals surface area contributed by atoms with Gasteiger partial charge in [0, 0.05) is 0 Å². The third-order valence-corrected chi connectivity index (χ3v) is 4.53. The van der Waals surface area contributed by atoms with Gasteiger partial charge in [-0.25, -0.2) is 4.79 Å². The van der Waals surface area contributed by atoms with E-state index in [0.29, 0.717) is 6.42 Å². The zero-order chi connectivity index (χ0) is 25.9. The summed E-state index contributed by atoms with van der Waals surface area (Å²) in [7, 11) is 0. The maximum atomic E-state index is 12.7. The summed E-state index contributed by atoms with van der Waals surface area (Å²) in [5.74, 6) is -9.90. The lowest BCUT2D eigenvalue weighted by atomic mass is 9.97. The number of carboxylic acids is 4. The molecule has 0 rings (SSSR count). The van der Waals surface area contributed by atoms with Gasteiger partial charge in [0.15, 0.2) is 0 Å². The van der Waals surface area contributed by atoms with Crippen molar-refractivity contribution in [1.82, 2.24) is 16.0 Å². The molecule has 0 aliphatic carbocycles. The fraction of sp³-hybridized carbons (Fsp3) is 0.611. The number of carbonyl (C=O) groups is 7. The number of carbonyl (C=O) groups excluding carboxylic acids is 3. The smallest absolute Gasteiger partial charge is 0.326 e. The molecule has 186 valence electrons. The zero-order valence-electron chi connectivity index (χ0n) is 17.9. The van der Waals surface area contributed by atoms with Crippen LogP contribution in [-0.4, -0.2) is 86.2 Å². The Kier molecular flexibility index (Phi) is 12.1. The lowest BCUT2D eigenvalue weighted by Crippen LogP contribution is -2.59. The van der Waals surface area contributed by atoms with Gasteiger partial charge in [-0.1, -0.05) is 20.3 Å². The minimum atomic E-state index is -1.79. The van der Waals surface area contributed by atoms with Crippen molar-refractivity contribution < 1.29 is 54.0 Å². The first-order valence-corrected chi connectivity index (χ1v) is 9.74. The molecule has 0 radical (unpaired) electrons. The molecule has 0 aliphatic heterocycles. The van der Waals surface area contributed by atoms with Gasteiger partial charge in [-0.3, -0.25) is 28.8 Å². The predicted molar refractivity (Wildman–Crippen MR) is 108 cm³/mol. The number of carboxylic acid groups (broad SMARTS) is 4. The summed E-state index contributed by atoms with van der Waals surface area (Å²) in [6.07, 6.45) is -2.34. The van der Waals surface area contributed by atoms with Crippen LogP contribution in [0.3, 0.4) is 0 Å². The van der Waals surface area contributed by atoms with Crippen LogP contribution in [0.25, 0.3) is 0 Å². The van der Waals surface area contributed by atoms with Gasteiger partial charge in [-0.15, -0.1) is 0 Å². The Balaban J connectivity index is 5.61. The first-order chi connectivity index (χ1) is 15.2. The van der Waals surface area contributed by atoms with E-state index in [2.05, 4.69) is 5.32 Å². The molecule has 0 aromatic carbocycles. The van der Waals surface area contributed by atoms with Gasteiger partial charge < -0.3 is 42.1 Å². The molecular formula is C18H28N4O11. The second-order valence-electron chi connectivity index (χ2n) is 7.23. The molecule has 0 bridgehead atoms. The van der Waals surface area contributed by atoms with Crippen LogP contribution in [0.4, 0.5) is 0 Å². The number of rotatable bonds is 15. The molecule has 0 saturated carbocycles. The normalized spacial score (nSPS) is 15.1. The number of nitrogens with two attached hydrogens (primary N) is 1. The van der Waals surface area contributed by atoms with Crippen LogP contribution in [0.5, 0.6) is 0 Å². The van der Waals surface area contributed by atoms with Gasteiger partial charge in [0.2, 0.25) is 17.7 Å². The van der Waals surface area contributed by atoms with E-state index in [-0.39, 0.29) is 0 Å². The summed E-state index contributed by atoms with van der Waals surface area (Å²) < 4.78 is 0. The molecule has 0 aliphatic rings. The number of aliphatic carboxylic acids is 4. The Bertz CT molecular complexity index is 785. The first-order valence-electron chi connectivity index (χ1n) is 9.74. The number of amides is 3. The molecule has 15 heteroatoms. The Morgan fingerprint density at radius 2 is 1.15 bits per heavy atom. The average Bonchev–Trinajstić information content (AvgIpc) is 2.68. The molecule has 3 amide bonds. The van der Waals surface area contributed by atoms with Gasteiger partial charge in [-0.05, 0) is 5.92 Å². The van der Waals surface area contributed by atoms with Gasteiger partial charge in [0.05, 0.1) is 25.3 Å². The first kappa shape index (κ1) is 29.2. The Hall–Kier alpha value is -3.75. The molecule has 9 N–H and O–H groups in total. The van der Waals surface area contributed by atoms with E-state index >= 15 is 0 Å². The Morgan fingerprint density at radius 1 is 0.697 bits per heavy atom. The minimum absolute atomic E-state index is 0.300. The molecule has 0 heterocycles. The molecular weight excluding hydrogens is 448 g/mol. The number of nitrogens with one attached hydrogen (secondary N) is 3. The molecule has 0 saturated heterocycles. The topological polar surface area (TPSA) is 263 Å². The third-order valence-electron chi connectivity index (χ3n) is 4.53. The van der Waals surface area contributed by atoms with Crippen LogP contribution < -0.4 is 21.7 Å². The third kappa shape index (κ3) is 10.9. The van der Waals surface area contributed by atoms with Crippen LogP contribution in [0.1, 0.15) is 39.5 Å². The van der Waals surface area contributed by atoms with Crippen LogP contribution in [-0.2, 0) is 33.6 Å². The van der Waals surface area contributed by atoms with Crippen molar-refractivity contribution in [3.8, 4) is 0 Å². The number of hydrogen-bond donors (Lipinski definition) is 8. The quantitative estimate of drug-likeness (QED) is 0.120. The molecule has 33 heavy (non-hydrogen) atoms. The minimum Gasteiger partial charge on any atom is -0.481 e. The maximum absolute atomic E-state index is 12.7. The van der Waals surface area contributed by atoms with E-state index in [1.165, 1.54) is 6.92 Å². The lowest BCUT2D eigenvalue weighted by molar-refractivity contribution is -0.147. The monoisotopic (exact) mass is 476 g/mol. The summed E-state index contributed by atoms with van der Waals surface area (Å²) in [6.45, 7) is 3.16. The fourth-order valence-electron chi connectivity index (χ4n) is 2.54. The fourth-order valence-corrected chi connectivity index (χ4v) is 2.54. The van der Waals surface area contributed by atoms with Crippen molar-refractivity contribution in [3.63, 3.8) is 0 Å². The second-order valence-corrected chi connectivity index (χ2v) is 7.23. The summed E-state index contributed by atoms with van der Waals surface area (Å²) in [4.78, 5) is 81.1. The average molecular weight is 476 g/mol. The van der Waals surface area contributed by atoms with E-state index in [9.17, 15) is 33.6 Å². The summed E-state index contributed by atoms with van der Waals surface area (Å²) >= 11 is 0. The highest BCUT2D eigenvalue weighted by Crippen LogP contribution is 2.10. The van der Waals surface area contributed by atoms with Crippen LogP contribution >= 0.6 is 0 Å². The largest absolute Gasteiger partial charge is 0.481 e. The van der Waals surface area contributed by atoms with Gasteiger partial charge in [0.25, 0.3) is 0 Å². The summed E-state index contributed by atoms with van der Waals surface area (Å²) in [6, 6.07) is -6.50. The summed E-state index contributed by atoms with van der Waals surface area (Å²) in [5, 5.41) is 41.9. The maximum Gasteiger partial charge on any atom is 0.326 e. The van der Waals surface area contributed by atoms with Gasteiger partial charge >= 0.3 is 23.9 Å². The second kappa shape index (κ2) is 13.6. The van der Waals surface area contributed by atoms with E-state index < -0.39 is 90.9 Å². The number of hydrogen-bond acceptors (Lipinski definition) is 8. The van der Waals surface area contributed by atoms with E-state index in [4.69, 9.17) is 26.2 Å². The molecule has 0 spiro atoms. The standard InChI is InChI=1S/C18H28N4O11/c1-3-7(2)14(17(31)21-10(18(32)33)6-13(27)28)22-16(30)9(5-12(25)26)20-15(29)8(19)4-11(23)24/h7-10,14H,3-6,19H2,1-2H3,(H,20,29)(H,21,31)(H,22,30)(H,23,24)(H,25,26)(H,27,28)(H,32,33). The van der Waals surface area contributed by atoms with Crippen LogP contribution in [0.2, 0.25) is 0 Å². The molecule has 0 aromatic rings. The van der Waals surface area contributed by atoms with E-state index in [0.717, 1.165) is 0 Å². The lowest BCUT2D eigenvalue weighted by Gasteiger charge is -2.27. The van der Waals surface area contributed by atoms with Crippen molar-refractivity contribution in [2.45, 2.75) is 63.7 Å². The molecule has 0 fully saturated rings. The highest BCUT2D eigenvalue weighted by atomic mass is 16.4. The van der Waals surface area contributed by atoms with Crippen molar-refractivity contribution in [2.24, 2.45) is 11.7 Å². The molecule has 0 aromatic heterocycles. The van der Waals surface area contributed by atoms with E-state index in [1.54, 1.807) is 6.92 Å². The summed E-state index contributed by atoms with van der Waals surface area (Å²) in [5.41, 5.74) is 5.40. The zero-order valence-corrected chi connectivity index (χ0v) is 17.9. The highest BCUT2D eigenvalue weighted by molar-refractivity contribution is 5.96. The van der Waals surface area contributed by atoms with Gasteiger partial charge in [0.1, 0.15) is 18.1 Å². The van der Waals surface area contributed by atoms with Crippen molar-refractivity contribution in [2.75, 3.05) is 0 Å². The van der Waals surface area contributed by atoms with Crippen LogP contribution in [0.15, 0.2) is 0 Å². The van der Waals surface area contributed by atoms with E-state index in [1.807, 2.05) is 10.6 Å².